The first-order valence-electron chi connectivity index (χ1n) is 9.53. The second kappa shape index (κ2) is 8.53. The Bertz CT molecular complexity index is 1060. The van der Waals surface area contributed by atoms with Gasteiger partial charge in [0.2, 0.25) is 0 Å². The van der Waals surface area contributed by atoms with Crippen LogP contribution >= 0.6 is 11.6 Å². The van der Waals surface area contributed by atoms with E-state index in [2.05, 4.69) is 5.10 Å². The highest BCUT2D eigenvalue weighted by Crippen LogP contribution is 2.25. The van der Waals surface area contributed by atoms with Gasteiger partial charge in [-0.15, -0.1) is 0 Å². The molecule has 0 aliphatic carbocycles. The standard InChI is InChI=1S/C22H20ClF2N3O2/c1-27-20-9-10-28(22(29)21-17(24)3-2-4-18(21)25)11-16(20)19(26-27)13-30-12-14-5-7-15(23)8-6-14/h2-8H,9-13H2,1H3. The number of amides is 1. The molecule has 0 N–H and O–H groups in total. The fourth-order valence-electron chi connectivity index (χ4n) is 3.67. The van der Waals surface area contributed by atoms with Gasteiger partial charge < -0.3 is 9.64 Å². The number of carbonyl (C=O) groups is 1. The number of carbonyl (C=O) groups excluding carboxylic acids is 1. The molecule has 0 radical (unpaired) electrons. The normalized spacial score (nSPS) is 13.4. The first-order valence-corrected chi connectivity index (χ1v) is 9.91. The van der Waals surface area contributed by atoms with Crippen LogP contribution in [0.3, 0.4) is 0 Å². The van der Waals surface area contributed by atoms with Crippen molar-refractivity contribution < 1.29 is 18.3 Å². The number of nitrogens with zero attached hydrogens (tertiary/aromatic N) is 3. The average Bonchev–Trinajstić information content (AvgIpc) is 3.04. The zero-order valence-corrected chi connectivity index (χ0v) is 17.1. The van der Waals surface area contributed by atoms with Gasteiger partial charge in [-0.2, -0.15) is 5.10 Å². The Morgan fingerprint density at radius 1 is 1.13 bits per heavy atom. The van der Waals surface area contributed by atoms with Crippen molar-refractivity contribution in [3.05, 3.63) is 87.2 Å². The SMILES string of the molecule is Cn1nc(COCc2ccc(Cl)cc2)c2c1CCN(C(=O)c1c(F)cccc1F)C2. The Morgan fingerprint density at radius 3 is 2.53 bits per heavy atom. The third kappa shape index (κ3) is 4.08. The van der Waals surface area contributed by atoms with Gasteiger partial charge in [0.05, 0.1) is 18.9 Å². The summed E-state index contributed by atoms with van der Waals surface area (Å²) in [7, 11) is 1.84. The molecule has 30 heavy (non-hydrogen) atoms. The molecule has 8 heteroatoms. The summed E-state index contributed by atoms with van der Waals surface area (Å²) in [5, 5.41) is 5.18. The Kier molecular flexibility index (Phi) is 5.83. The second-order valence-corrected chi connectivity index (χ2v) is 7.62. The minimum absolute atomic E-state index is 0.232. The number of aromatic nitrogens is 2. The molecule has 0 saturated heterocycles. The first kappa shape index (κ1) is 20.5. The fourth-order valence-corrected chi connectivity index (χ4v) is 3.79. The number of halogens is 3. The molecule has 4 rings (SSSR count). The maximum Gasteiger partial charge on any atom is 0.260 e. The van der Waals surface area contributed by atoms with Gasteiger partial charge in [0, 0.05) is 42.8 Å². The van der Waals surface area contributed by atoms with E-state index in [1.54, 1.807) is 16.8 Å². The van der Waals surface area contributed by atoms with Crippen LogP contribution in [0.25, 0.3) is 0 Å². The second-order valence-electron chi connectivity index (χ2n) is 7.19. The van der Waals surface area contributed by atoms with Crippen LogP contribution in [0.4, 0.5) is 8.78 Å². The van der Waals surface area contributed by atoms with E-state index in [9.17, 15) is 13.6 Å². The van der Waals surface area contributed by atoms with Gasteiger partial charge in [-0.25, -0.2) is 8.78 Å². The minimum atomic E-state index is -0.858. The maximum absolute atomic E-state index is 14.1. The van der Waals surface area contributed by atoms with Crippen molar-refractivity contribution in [2.75, 3.05) is 6.54 Å². The lowest BCUT2D eigenvalue weighted by Crippen LogP contribution is -2.37. The Morgan fingerprint density at radius 2 is 1.83 bits per heavy atom. The van der Waals surface area contributed by atoms with Gasteiger partial charge in [-0.3, -0.25) is 9.48 Å². The van der Waals surface area contributed by atoms with Gasteiger partial charge in [0.25, 0.3) is 5.91 Å². The lowest BCUT2D eigenvalue weighted by Gasteiger charge is -2.28. The van der Waals surface area contributed by atoms with Crippen molar-refractivity contribution in [1.29, 1.82) is 0 Å². The van der Waals surface area contributed by atoms with Crippen molar-refractivity contribution in [1.82, 2.24) is 14.7 Å². The summed E-state index contributed by atoms with van der Waals surface area (Å²) in [5.74, 6) is -2.37. The van der Waals surface area contributed by atoms with Crippen LogP contribution in [0.15, 0.2) is 42.5 Å². The van der Waals surface area contributed by atoms with Gasteiger partial charge in [0.15, 0.2) is 0 Å². The van der Waals surface area contributed by atoms with E-state index in [0.29, 0.717) is 30.3 Å². The van der Waals surface area contributed by atoms with E-state index >= 15 is 0 Å². The summed E-state index contributed by atoms with van der Waals surface area (Å²) in [6.07, 6.45) is 0.553. The topological polar surface area (TPSA) is 47.4 Å². The van der Waals surface area contributed by atoms with Crippen molar-refractivity contribution in [2.45, 2.75) is 26.2 Å². The number of benzene rings is 2. The van der Waals surface area contributed by atoms with Crippen LogP contribution in [-0.4, -0.2) is 27.1 Å². The summed E-state index contributed by atoms with van der Waals surface area (Å²) in [6, 6.07) is 10.8. The molecule has 0 saturated carbocycles. The predicted molar refractivity (Wildman–Crippen MR) is 108 cm³/mol. The number of ether oxygens (including phenoxy) is 1. The summed E-state index contributed by atoms with van der Waals surface area (Å²) in [5.41, 5.74) is 3.04. The fraction of sp³-hybridized carbons (Fsp3) is 0.273. The number of hydrogen-bond acceptors (Lipinski definition) is 3. The average molecular weight is 432 g/mol. The van der Waals surface area contributed by atoms with Crippen molar-refractivity contribution >= 4 is 17.5 Å². The summed E-state index contributed by atoms with van der Waals surface area (Å²) in [6.45, 7) is 1.26. The smallest absolute Gasteiger partial charge is 0.260 e. The number of hydrogen-bond donors (Lipinski definition) is 0. The summed E-state index contributed by atoms with van der Waals surface area (Å²) >= 11 is 5.89. The van der Waals surface area contributed by atoms with Gasteiger partial charge >= 0.3 is 0 Å². The highest BCUT2D eigenvalue weighted by Gasteiger charge is 2.29. The molecule has 1 amide bonds. The number of rotatable bonds is 5. The van der Waals surface area contributed by atoms with Gasteiger partial charge in [-0.1, -0.05) is 29.8 Å². The molecule has 2 aromatic carbocycles. The Labute approximate surface area is 177 Å². The third-order valence-electron chi connectivity index (χ3n) is 5.21. The third-order valence-corrected chi connectivity index (χ3v) is 5.46. The number of aryl methyl sites for hydroxylation is 1. The molecule has 1 aliphatic rings. The van der Waals surface area contributed by atoms with Crippen LogP contribution in [0, 0.1) is 11.6 Å². The zero-order chi connectivity index (χ0) is 21.3. The Balaban J connectivity index is 1.49. The molecular weight excluding hydrogens is 412 g/mol. The molecule has 5 nitrogen and oxygen atoms in total. The van der Waals surface area contributed by atoms with Crippen molar-refractivity contribution in [3.63, 3.8) is 0 Å². The Hall–Kier alpha value is -2.77. The van der Waals surface area contributed by atoms with E-state index in [-0.39, 0.29) is 13.2 Å². The number of fused-ring (bicyclic) bond motifs is 1. The van der Waals surface area contributed by atoms with Crippen LogP contribution in [0.1, 0.15) is 32.9 Å². The molecule has 2 heterocycles. The quantitative estimate of drug-likeness (QED) is 0.606. The van der Waals surface area contributed by atoms with E-state index in [1.807, 2.05) is 19.2 Å². The molecule has 3 aromatic rings. The molecular formula is C22H20ClF2N3O2. The molecule has 156 valence electrons. The lowest BCUT2D eigenvalue weighted by atomic mass is 10.0. The molecule has 0 unspecified atom stereocenters. The van der Waals surface area contributed by atoms with E-state index in [1.165, 1.54) is 11.0 Å². The highest BCUT2D eigenvalue weighted by molar-refractivity contribution is 6.30. The van der Waals surface area contributed by atoms with Crippen molar-refractivity contribution in [2.24, 2.45) is 7.05 Å². The maximum atomic E-state index is 14.1. The van der Waals surface area contributed by atoms with Crippen LogP contribution in [0.2, 0.25) is 5.02 Å². The summed E-state index contributed by atoms with van der Waals surface area (Å²) in [4.78, 5) is 14.2. The molecule has 0 atom stereocenters. The first-order chi connectivity index (χ1) is 14.4. The molecule has 0 spiro atoms. The van der Waals surface area contributed by atoms with E-state index in [0.717, 1.165) is 29.0 Å². The molecule has 0 fully saturated rings. The van der Waals surface area contributed by atoms with E-state index < -0.39 is 23.1 Å². The highest BCUT2D eigenvalue weighted by atomic mass is 35.5. The monoisotopic (exact) mass is 431 g/mol. The van der Waals surface area contributed by atoms with Gasteiger partial charge in [0.1, 0.15) is 17.2 Å². The van der Waals surface area contributed by atoms with E-state index in [4.69, 9.17) is 16.3 Å². The molecule has 1 aliphatic heterocycles. The van der Waals surface area contributed by atoms with Crippen LogP contribution < -0.4 is 0 Å². The zero-order valence-electron chi connectivity index (χ0n) is 16.4. The molecule has 1 aromatic heterocycles. The predicted octanol–water partition coefficient (Wildman–Crippen LogP) is 4.27. The largest absolute Gasteiger partial charge is 0.370 e. The summed E-state index contributed by atoms with van der Waals surface area (Å²) < 4.78 is 35.7. The lowest BCUT2D eigenvalue weighted by molar-refractivity contribution is 0.0718. The molecule has 0 bridgehead atoms. The van der Waals surface area contributed by atoms with Crippen LogP contribution in [-0.2, 0) is 38.0 Å². The van der Waals surface area contributed by atoms with Crippen LogP contribution in [0.5, 0.6) is 0 Å². The van der Waals surface area contributed by atoms with Gasteiger partial charge in [-0.05, 0) is 29.8 Å². The minimum Gasteiger partial charge on any atom is -0.370 e. The van der Waals surface area contributed by atoms with Crippen molar-refractivity contribution in [3.8, 4) is 0 Å².